The summed E-state index contributed by atoms with van der Waals surface area (Å²) in [7, 11) is 0. The van der Waals surface area contributed by atoms with Gasteiger partial charge in [0.25, 0.3) is 0 Å². The normalized spacial score (nSPS) is 11.4. The number of carboxylic acids is 1. The molecule has 1 heterocycles. The minimum Gasteiger partial charge on any atom is -0.478 e. The number of aromatic nitrogens is 2. The van der Waals surface area contributed by atoms with Crippen LogP contribution in [0.5, 0.6) is 0 Å². The maximum Gasteiger partial charge on any atom is 0.328 e. The molecular formula is C10H14N2O2. The summed E-state index contributed by atoms with van der Waals surface area (Å²) in [6.07, 6.45) is 4.53. The molecule has 0 spiro atoms. The molecule has 0 aliphatic rings. The highest BCUT2D eigenvalue weighted by molar-refractivity contribution is 5.85. The van der Waals surface area contributed by atoms with Crippen LogP contribution in [0.15, 0.2) is 12.3 Å². The van der Waals surface area contributed by atoms with Crippen molar-refractivity contribution in [3.8, 4) is 0 Å². The number of hydrogen-bond donors (Lipinski definition) is 1. The van der Waals surface area contributed by atoms with E-state index in [1.54, 1.807) is 6.08 Å². The van der Waals surface area contributed by atoms with E-state index >= 15 is 0 Å². The molecule has 0 aliphatic heterocycles. The number of aliphatic carboxylic acids is 1. The molecule has 0 radical (unpaired) electrons. The van der Waals surface area contributed by atoms with Gasteiger partial charge in [-0.05, 0) is 26.8 Å². The number of rotatable bonds is 3. The van der Waals surface area contributed by atoms with E-state index < -0.39 is 5.97 Å². The van der Waals surface area contributed by atoms with Gasteiger partial charge in [0.2, 0.25) is 0 Å². The Morgan fingerprint density at radius 2 is 2.29 bits per heavy atom. The molecule has 0 fully saturated rings. The van der Waals surface area contributed by atoms with Gasteiger partial charge in [-0.1, -0.05) is 0 Å². The Bertz CT molecular complexity index is 364. The van der Waals surface area contributed by atoms with Crippen LogP contribution in [0.2, 0.25) is 0 Å². The van der Waals surface area contributed by atoms with Gasteiger partial charge >= 0.3 is 5.97 Å². The Hall–Kier alpha value is -1.58. The fourth-order valence-electron chi connectivity index (χ4n) is 1.08. The first kappa shape index (κ1) is 10.5. The lowest BCUT2D eigenvalue weighted by Crippen LogP contribution is -2.00. The molecular weight excluding hydrogens is 180 g/mol. The van der Waals surface area contributed by atoms with E-state index in [9.17, 15) is 4.79 Å². The summed E-state index contributed by atoms with van der Waals surface area (Å²) >= 11 is 0. The van der Waals surface area contributed by atoms with Crippen molar-refractivity contribution < 1.29 is 9.90 Å². The monoisotopic (exact) mass is 194 g/mol. The minimum atomic E-state index is -0.943. The van der Waals surface area contributed by atoms with Crippen molar-refractivity contribution in [1.29, 1.82) is 0 Å². The van der Waals surface area contributed by atoms with Crippen LogP contribution in [0.1, 0.15) is 31.1 Å². The first-order valence-corrected chi connectivity index (χ1v) is 4.47. The van der Waals surface area contributed by atoms with Gasteiger partial charge < -0.3 is 5.11 Å². The van der Waals surface area contributed by atoms with Crippen molar-refractivity contribution in [3.05, 3.63) is 23.5 Å². The highest BCUT2D eigenvalue weighted by Crippen LogP contribution is 2.11. The first-order valence-electron chi connectivity index (χ1n) is 4.47. The molecule has 0 saturated heterocycles. The third-order valence-electron chi connectivity index (χ3n) is 1.89. The smallest absolute Gasteiger partial charge is 0.328 e. The summed E-state index contributed by atoms with van der Waals surface area (Å²) in [5, 5.41) is 12.7. The van der Waals surface area contributed by atoms with Crippen LogP contribution < -0.4 is 0 Å². The second kappa shape index (κ2) is 4.09. The zero-order valence-electron chi connectivity index (χ0n) is 8.56. The van der Waals surface area contributed by atoms with Crippen LogP contribution in [0, 0.1) is 6.92 Å². The molecule has 0 aliphatic carbocycles. The Balaban J connectivity index is 2.93. The fourth-order valence-corrected chi connectivity index (χ4v) is 1.08. The van der Waals surface area contributed by atoms with Crippen molar-refractivity contribution in [2.45, 2.75) is 26.8 Å². The lowest BCUT2D eigenvalue weighted by molar-refractivity contribution is -0.131. The number of carboxylic acid groups (broad SMARTS) is 1. The number of nitrogens with zero attached hydrogens (tertiary/aromatic N) is 2. The Morgan fingerprint density at radius 3 is 2.71 bits per heavy atom. The van der Waals surface area contributed by atoms with Crippen LogP contribution >= 0.6 is 0 Å². The van der Waals surface area contributed by atoms with Crippen molar-refractivity contribution in [2.75, 3.05) is 0 Å². The van der Waals surface area contributed by atoms with E-state index in [0.29, 0.717) is 6.04 Å². The minimum absolute atomic E-state index is 0.292. The Morgan fingerprint density at radius 1 is 1.64 bits per heavy atom. The summed E-state index contributed by atoms with van der Waals surface area (Å²) in [6.45, 7) is 5.91. The van der Waals surface area contributed by atoms with E-state index in [-0.39, 0.29) is 0 Å². The Kier molecular flexibility index (Phi) is 3.06. The molecule has 0 atom stereocenters. The van der Waals surface area contributed by atoms with Crippen LogP contribution in [-0.4, -0.2) is 20.9 Å². The molecule has 1 N–H and O–H groups in total. The topological polar surface area (TPSA) is 55.1 Å². The zero-order valence-corrected chi connectivity index (χ0v) is 8.56. The average molecular weight is 194 g/mol. The van der Waals surface area contributed by atoms with E-state index in [4.69, 9.17) is 5.11 Å². The molecule has 1 aromatic rings. The lowest BCUT2D eigenvalue weighted by atomic mass is 10.2. The Labute approximate surface area is 82.9 Å². The van der Waals surface area contributed by atoms with Gasteiger partial charge in [0, 0.05) is 23.9 Å². The molecule has 0 unspecified atom stereocenters. The standard InChI is InChI=1S/C10H14N2O2/c1-7(2)12-6-9(8(3)11-12)4-5-10(13)14/h4-7H,1-3H3,(H,13,14). The third-order valence-corrected chi connectivity index (χ3v) is 1.89. The van der Waals surface area contributed by atoms with Gasteiger partial charge in [-0.15, -0.1) is 0 Å². The highest BCUT2D eigenvalue weighted by Gasteiger charge is 2.04. The van der Waals surface area contributed by atoms with Gasteiger partial charge in [-0.3, -0.25) is 4.68 Å². The van der Waals surface area contributed by atoms with Crippen LogP contribution in [0.25, 0.3) is 6.08 Å². The van der Waals surface area contributed by atoms with E-state index in [1.807, 2.05) is 31.6 Å². The predicted molar refractivity (Wildman–Crippen MR) is 54.0 cm³/mol. The van der Waals surface area contributed by atoms with Crippen LogP contribution in [0.3, 0.4) is 0 Å². The summed E-state index contributed by atoms with van der Waals surface area (Å²) < 4.78 is 1.82. The molecule has 0 aromatic carbocycles. The summed E-state index contributed by atoms with van der Waals surface area (Å²) in [6, 6.07) is 0.292. The number of carbonyl (C=O) groups is 1. The molecule has 4 heteroatoms. The van der Waals surface area contributed by atoms with Crippen LogP contribution in [-0.2, 0) is 4.79 Å². The van der Waals surface area contributed by atoms with Gasteiger partial charge in [-0.25, -0.2) is 4.79 Å². The molecule has 0 amide bonds. The summed E-state index contributed by atoms with van der Waals surface area (Å²) in [5.41, 5.74) is 1.69. The molecule has 76 valence electrons. The highest BCUT2D eigenvalue weighted by atomic mass is 16.4. The first-order chi connectivity index (χ1) is 6.50. The molecule has 1 rings (SSSR count). The van der Waals surface area contributed by atoms with Gasteiger partial charge in [0.05, 0.1) is 5.69 Å². The SMILES string of the molecule is Cc1nn(C(C)C)cc1C=CC(=O)O. The van der Waals surface area contributed by atoms with E-state index in [2.05, 4.69) is 5.10 Å². The predicted octanol–water partition coefficient (Wildman–Crippen LogP) is 1.87. The quantitative estimate of drug-likeness (QED) is 0.747. The molecule has 4 nitrogen and oxygen atoms in total. The van der Waals surface area contributed by atoms with E-state index in [1.165, 1.54) is 0 Å². The summed E-state index contributed by atoms with van der Waals surface area (Å²) in [4.78, 5) is 10.3. The molecule has 0 saturated carbocycles. The second-order valence-electron chi connectivity index (χ2n) is 3.42. The van der Waals surface area contributed by atoms with Gasteiger partial charge in [-0.2, -0.15) is 5.10 Å². The molecule has 1 aromatic heterocycles. The number of hydrogen-bond acceptors (Lipinski definition) is 2. The molecule has 14 heavy (non-hydrogen) atoms. The molecule has 0 bridgehead atoms. The second-order valence-corrected chi connectivity index (χ2v) is 3.42. The summed E-state index contributed by atoms with van der Waals surface area (Å²) in [5.74, 6) is -0.943. The third kappa shape index (κ3) is 2.45. The number of aryl methyl sites for hydroxylation is 1. The van der Waals surface area contributed by atoms with Crippen molar-refractivity contribution in [3.63, 3.8) is 0 Å². The zero-order chi connectivity index (χ0) is 10.7. The van der Waals surface area contributed by atoms with Gasteiger partial charge in [0.15, 0.2) is 0 Å². The van der Waals surface area contributed by atoms with Crippen molar-refractivity contribution in [2.24, 2.45) is 0 Å². The van der Waals surface area contributed by atoms with Crippen molar-refractivity contribution in [1.82, 2.24) is 9.78 Å². The maximum atomic E-state index is 10.3. The van der Waals surface area contributed by atoms with Crippen molar-refractivity contribution >= 4 is 12.0 Å². The maximum absolute atomic E-state index is 10.3. The average Bonchev–Trinajstić information content (AvgIpc) is 2.43. The fraction of sp³-hybridized carbons (Fsp3) is 0.400. The largest absolute Gasteiger partial charge is 0.478 e. The lowest BCUT2D eigenvalue weighted by Gasteiger charge is -2.02. The van der Waals surface area contributed by atoms with Gasteiger partial charge in [0.1, 0.15) is 0 Å². The van der Waals surface area contributed by atoms with E-state index in [0.717, 1.165) is 17.3 Å². The van der Waals surface area contributed by atoms with Crippen LogP contribution in [0.4, 0.5) is 0 Å².